The van der Waals surface area contributed by atoms with E-state index in [1.54, 1.807) is 25.4 Å². The van der Waals surface area contributed by atoms with Crippen LogP contribution in [-0.2, 0) is 16.4 Å². The number of amides is 2. The van der Waals surface area contributed by atoms with Crippen LogP contribution < -0.4 is 4.72 Å². The summed E-state index contributed by atoms with van der Waals surface area (Å²) >= 11 is 0. The van der Waals surface area contributed by atoms with Crippen molar-refractivity contribution in [3.63, 3.8) is 0 Å². The van der Waals surface area contributed by atoms with E-state index in [0.29, 0.717) is 13.0 Å². The summed E-state index contributed by atoms with van der Waals surface area (Å²) in [7, 11) is -2.32. The van der Waals surface area contributed by atoms with Crippen LogP contribution in [0.25, 0.3) is 0 Å². The first-order valence-electron chi connectivity index (χ1n) is 7.13. The number of aromatic nitrogens is 1. The van der Waals surface area contributed by atoms with Gasteiger partial charge in [-0.05, 0) is 31.2 Å². The van der Waals surface area contributed by atoms with Gasteiger partial charge in [0.1, 0.15) is 0 Å². The third kappa shape index (κ3) is 4.79. The van der Waals surface area contributed by atoms with Gasteiger partial charge < -0.3 is 4.90 Å². The number of nitrogens with one attached hydrogen (secondary N) is 1. The molecule has 0 radical (unpaired) electrons. The minimum atomic E-state index is -3.86. The zero-order valence-electron chi connectivity index (χ0n) is 13.1. The number of nitrogens with zero attached hydrogens (tertiary/aromatic N) is 2. The standard InChI is InChI=1S/C16H19N3O3S/c1-13-6-8-15(9-7-13)23(21,22)18-16(20)19(2)12-10-14-5-3-4-11-17-14/h3-9,11H,10,12H2,1-2H3,(H,18,20). The number of benzene rings is 1. The number of carbonyl (C=O) groups excluding carboxylic acids is 1. The molecule has 7 heteroatoms. The molecule has 1 N–H and O–H groups in total. The lowest BCUT2D eigenvalue weighted by Gasteiger charge is -2.17. The normalized spacial score (nSPS) is 11.0. The number of carbonyl (C=O) groups is 1. The Bertz CT molecular complexity index is 759. The molecule has 1 aromatic heterocycles. The van der Waals surface area contributed by atoms with E-state index in [0.717, 1.165) is 11.3 Å². The average Bonchev–Trinajstić information content (AvgIpc) is 2.53. The van der Waals surface area contributed by atoms with Gasteiger partial charge in [0.25, 0.3) is 10.0 Å². The van der Waals surface area contributed by atoms with Crippen molar-refractivity contribution in [1.82, 2.24) is 14.6 Å². The second-order valence-electron chi connectivity index (χ2n) is 5.22. The van der Waals surface area contributed by atoms with E-state index in [1.807, 2.05) is 25.1 Å². The Labute approximate surface area is 136 Å². The van der Waals surface area contributed by atoms with E-state index in [1.165, 1.54) is 17.0 Å². The molecule has 0 fully saturated rings. The summed E-state index contributed by atoms with van der Waals surface area (Å²) < 4.78 is 26.4. The number of hydrogen-bond donors (Lipinski definition) is 1. The summed E-state index contributed by atoms with van der Waals surface area (Å²) in [4.78, 5) is 17.6. The topological polar surface area (TPSA) is 79.4 Å². The Morgan fingerprint density at radius 1 is 1.17 bits per heavy atom. The van der Waals surface area contributed by atoms with Crippen LogP contribution in [0.5, 0.6) is 0 Å². The van der Waals surface area contributed by atoms with Crippen LogP contribution in [-0.4, -0.2) is 37.9 Å². The quantitative estimate of drug-likeness (QED) is 0.907. The van der Waals surface area contributed by atoms with Gasteiger partial charge in [-0.15, -0.1) is 0 Å². The molecular formula is C16H19N3O3S. The van der Waals surface area contributed by atoms with Crippen LogP contribution in [0.4, 0.5) is 4.79 Å². The first-order valence-corrected chi connectivity index (χ1v) is 8.61. The molecule has 0 atom stereocenters. The molecule has 0 aliphatic heterocycles. The highest BCUT2D eigenvalue weighted by atomic mass is 32.2. The van der Waals surface area contributed by atoms with Crippen LogP contribution in [0.15, 0.2) is 53.6 Å². The van der Waals surface area contributed by atoms with Crippen LogP contribution in [0.2, 0.25) is 0 Å². The number of likely N-dealkylation sites (N-methyl/N-ethyl adjacent to an activating group) is 1. The van der Waals surface area contributed by atoms with Crippen molar-refractivity contribution >= 4 is 16.1 Å². The van der Waals surface area contributed by atoms with Crippen molar-refractivity contribution in [3.05, 3.63) is 59.9 Å². The van der Waals surface area contributed by atoms with E-state index in [2.05, 4.69) is 9.71 Å². The van der Waals surface area contributed by atoms with E-state index in [-0.39, 0.29) is 4.90 Å². The van der Waals surface area contributed by atoms with Gasteiger partial charge >= 0.3 is 6.03 Å². The van der Waals surface area contributed by atoms with Crippen molar-refractivity contribution in [1.29, 1.82) is 0 Å². The predicted octanol–water partition coefficient (Wildman–Crippen LogP) is 1.96. The number of hydrogen-bond acceptors (Lipinski definition) is 4. The van der Waals surface area contributed by atoms with Gasteiger partial charge in [0.2, 0.25) is 0 Å². The maximum absolute atomic E-state index is 12.2. The molecule has 0 aliphatic carbocycles. The molecule has 0 spiro atoms. The molecule has 2 aromatic rings. The first kappa shape index (κ1) is 17.0. The Kier molecular flexibility index (Phi) is 5.33. The van der Waals surface area contributed by atoms with Gasteiger partial charge in [0.05, 0.1) is 4.90 Å². The van der Waals surface area contributed by atoms with Gasteiger partial charge in [0.15, 0.2) is 0 Å². The maximum Gasteiger partial charge on any atom is 0.331 e. The van der Waals surface area contributed by atoms with E-state index >= 15 is 0 Å². The Morgan fingerprint density at radius 3 is 2.48 bits per heavy atom. The Hall–Kier alpha value is -2.41. The Balaban J connectivity index is 1.96. The van der Waals surface area contributed by atoms with Gasteiger partial charge in [-0.1, -0.05) is 23.8 Å². The van der Waals surface area contributed by atoms with Crippen LogP contribution in [0.3, 0.4) is 0 Å². The molecule has 0 saturated heterocycles. The lowest BCUT2D eigenvalue weighted by Crippen LogP contribution is -2.41. The second kappa shape index (κ2) is 7.23. The number of aryl methyl sites for hydroxylation is 1. The van der Waals surface area contributed by atoms with Crippen molar-refractivity contribution in [2.45, 2.75) is 18.2 Å². The summed E-state index contributed by atoms with van der Waals surface area (Å²) in [5.74, 6) is 0. The van der Waals surface area contributed by atoms with Gasteiger partial charge in [-0.3, -0.25) is 4.98 Å². The number of pyridine rings is 1. The molecule has 2 rings (SSSR count). The molecule has 6 nitrogen and oxygen atoms in total. The zero-order chi connectivity index (χ0) is 16.9. The smallest absolute Gasteiger partial charge is 0.327 e. The molecule has 23 heavy (non-hydrogen) atoms. The first-order chi connectivity index (χ1) is 10.9. The fourth-order valence-corrected chi connectivity index (χ4v) is 2.90. The molecule has 1 aromatic carbocycles. The van der Waals surface area contributed by atoms with Gasteiger partial charge in [0, 0.05) is 31.9 Å². The summed E-state index contributed by atoms with van der Waals surface area (Å²) in [6.45, 7) is 2.23. The molecule has 2 amide bonds. The lowest BCUT2D eigenvalue weighted by molar-refractivity contribution is 0.215. The van der Waals surface area contributed by atoms with Crippen molar-refractivity contribution in [3.8, 4) is 0 Å². The second-order valence-corrected chi connectivity index (χ2v) is 6.90. The summed E-state index contributed by atoms with van der Waals surface area (Å²) in [6.07, 6.45) is 2.23. The highest BCUT2D eigenvalue weighted by Crippen LogP contribution is 2.10. The SMILES string of the molecule is Cc1ccc(S(=O)(=O)NC(=O)N(C)CCc2ccccn2)cc1. The third-order valence-corrected chi connectivity index (χ3v) is 4.67. The van der Waals surface area contributed by atoms with Gasteiger partial charge in [-0.2, -0.15) is 0 Å². The number of urea groups is 1. The highest BCUT2D eigenvalue weighted by Gasteiger charge is 2.19. The molecule has 0 bridgehead atoms. The average molecular weight is 333 g/mol. The molecule has 122 valence electrons. The van der Waals surface area contributed by atoms with Crippen molar-refractivity contribution in [2.75, 3.05) is 13.6 Å². The number of rotatable bonds is 5. The summed E-state index contributed by atoms with van der Waals surface area (Å²) in [6, 6.07) is 11.2. The molecule has 0 unspecified atom stereocenters. The molecule has 0 saturated carbocycles. The largest absolute Gasteiger partial charge is 0.331 e. The fourth-order valence-electron chi connectivity index (χ4n) is 1.90. The van der Waals surface area contributed by atoms with E-state index in [9.17, 15) is 13.2 Å². The third-order valence-electron chi connectivity index (χ3n) is 3.33. The molecule has 1 heterocycles. The summed E-state index contributed by atoms with van der Waals surface area (Å²) in [5, 5.41) is 0. The van der Waals surface area contributed by atoms with E-state index < -0.39 is 16.1 Å². The highest BCUT2D eigenvalue weighted by molar-refractivity contribution is 7.90. The summed E-state index contributed by atoms with van der Waals surface area (Å²) in [5.41, 5.74) is 1.79. The predicted molar refractivity (Wildman–Crippen MR) is 87.5 cm³/mol. The van der Waals surface area contributed by atoms with Crippen molar-refractivity contribution in [2.24, 2.45) is 0 Å². The Morgan fingerprint density at radius 2 is 1.87 bits per heavy atom. The van der Waals surface area contributed by atoms with Crippen LogP contribution in [0.1, 0.15) is 11.3 Å². The van der Waals surface area contributed by atoms with Crippen LogP contribution in [0, 0.1) is 6.92 Å². The van der Waals surface area contributed by atoms with Crippen molar-refractivity contribution < 1.29 is 13.2 Å². The fraction of sp³-hybridized carbons (Fsp3) is 0.250. The molecule has 0 aliphatic rings. The lowest BCUT2D eigenvalue weighted by atomic mass is 10.2. The maximum atomic E-state index is 12.2. The minimum absolute atomic E-state index is 0.0644. The zero-order valence-corrected chi connectivity index (χ0v) is 13.9. The number of sulfonamides is 1. The monoisotopic (exact) mass is 333 g/mol. The van der Waals surface area contributed by atoms with Crippen LogP contribution >= 0.6 is 0 Å². The minimum Gasteiger partial charge on any atom is -0.327 e. The van der Waals surface area contributed by atoms with Gasteiger partial charge in [-0.25, -0.2) is 17.9 Å². The molecular weight excluding hydrogens is 314 g/mol. The van der Waals surface area contributed by atoms with E-state index in [4.69, 9.17) is 0 Å².